The molecule has 1 saturated carbocycles. The molecule has 2 nitrogen and oxygen atoms in total. The molecule has 2 rings (SSSR count). The van der Waals surface area contributed by atoms with Crippen molar-refractivity contribution in [3.63, 3.8) is 0 Å². The van der Waals surface area contributed by atoms with Crippen LogP contribution in [0.3, 0.4) is 0 Å². The van der Waals surface area contributed by atoms with Gasteiger partial charge in [-0.3, -0.25) is 0 Å². The lowest BCUT2D eigenvalue weighted by atomic mass is 9.96. The zero-order chi connectivity index (χ0) is 9.31. The second-order valence-electron chi connectivity index (χ2n) is 4.71. The van der Waals surface area contributed by atoms with Gasteiger partial charge < -0.3 is 10.0 Å². The zero-order valence-electron chi connectivity index (χ0n) is 8.63. The summed E-state index contributed by atoms with van der Waals surface area (Å²) in [6, 6.07) is 0.672. The summed E-state index contributed by atoms with van der Waals surface area (Å²) in [7, 11) is 0. The molecule has 0 radical (unpaired) electrons. The largest absolute Gasteiger partial charge is 0.390 e. The van der Waals surface area contributed by atoms with Crippen LogP contribution >= 0.6 is 0 Å². The van der Waals surface area contributed by atoms with Gasteiger partial charge in [0.2, 0.25) is 0 Å². The van der Waals surface area contributed by atoms with Crippen molar-refractivity contribution < 1.29 is 5.11 Å². The molecule has 0 spiro atoms. The molecule has 0 bridgehead atoms. The first kappa shape index (κ1) is 9.47. The molecule has 1 aliphatic heterocycles. The van der Waals surface area contributed by atoms with Crippen molar-refractivity contribution in [2.75, 3.05) is 13.1 Å². The minimum absolute atomic E-state index is 0.255. The van der Waals surface area contributed by atoms with Gasteiger partial charge in [-0.05, 0) is 45.2 Å². The number of likely N-dealkylation sites (tertiary alicyclic amines) is 1. The fraction of sp³-hybridized carbons (Fsp3) is 1.00. The van der Waals surface area contributed by atoms with E-state index in [-0.39, 0.29) is 5.60 Å². The molecule has 0 aromatic carbocycles. The first-order chi connectivity index (χ1) is 6.23. The molecule has 1 unspecified atom stereocenters. The van der Waals surface area contributed by atoms with E-state index in [2.05, 4.69) is 11.8 Å². The third-order valence-corrected chi connectivity index (χ3v) is 3.60. The van der Waals surface area contributed by atoms with Crippen molar-refractivity contribution >= 4 is 0 Å². The molecule has 1 saturated heterocycles. The van der Waals surface area contributed by atoms with Gasteiger partial charge in [0.1, 0.15) is 0 Å². The second-order valence-corrected chi connectivity index (χ2v) is 4.71. The normalized spacial score (nSPS) is 33.2. The van der Waals surface area contributed by atoms with Crippen LogP contribution in [0.15, 0.2) is 0 Å². The Labute approximate surface area is 80.9 Å². The van der Waals surface area contributed by atoms with Crippen molar-refractivity contribution in [2.24, 2.45) is 0 Å². The predicted molar refractivity (Wildman–Crippen MR) is 53.7 cm³/mol. The van der Waals surface area contributed by atoms with Crippen LogP contribution in [0.1, 0.15) is 45.4 Å². The Morgan fingerprint density at radius 2 is 2.15 bits per heavy atom. The second kappa shape index (κ2) is 3.58. The maximum atomic E-state index is 9.87. The number of rotatable bonds is 3. The van der Waals surface area contributed by atoms with E-state index in [1.807, 2.05) is 0 Å². The average Bonchev–Trinajstić information content (AvgIpc) is 2.84. The molecule has 2 heteroatoms. The highest BCUT2D eigenvalue weighted by Crippen LogP contribution is 2.41. The van der Waals surface area contributed by atoms with E-state index in [1.54, 1.807) is 0 Å². The third kappa shape index (κ3) is 2.23. The molecule has 1 atom stereocenters. The highest BCUT2D eigenvalue weighted by molar-refractivity contribution is 4.97. The van der Waals surface area contributed by atoms with Gasteiger partial charge in [-0.25, -0.2) is 0 Å². The molecule has 1 heterocycles. The summed E-state index contributed by atoms with van der Waals surface area (Å²) in [5.41, 5.74) is -0.255. The monoisotopic (exact) mass is 183 g/mol. The fourth-order valence-electron chi connectivity index (χ4n) is 2.49. The molecular formula is C11H21NO. The molecular weight excluding hydrogens is 162 g/mol. The Morgan fingerprint density at radius 3 is 2.77 bits per heavy atom. The Bertz CT molecular complexity index is 177. The van der Waals surface area contributed by atoms with Crippen LogP contribution in [0.4, 0.5) is 0 Å². The summed E-state index contributed by atoms with van der Waals surface area (Å²) in [5.74, 6) is 0. The van der Waals surface area contributed by atoms with E-state index in [0.717, 1.165) is 25.8 Å². The van der Waals surface area contributed by atoms with Gasteiger partial charge in [0.05, 0.1) is 5.60 Å². The van der Waals surface area contributed by atoms with Gasteiger partial charge in [-0.1, -0.05) is 13.3 Å². The molecule has 1 aliphatic carbocycles. The van der Waals surface area contributed by atoms with E-state index < -0.39 is 0 Å². The number of hydrogen-bond acceptors (Lipinski definition) is 2. The maximum Gasteiger partial charge on any atom is 0.0664 e. The van der Waals surface area contributed by atoms with Crippen molar-refractivity contribution in [2.45, 2.75) is 57.1 Å². The smallest absolute Gasteiger partial charge is 0.0664 e. The van der Waals surface area contributed by atoms with Gasteiger partial charge in [0.25, 0.3) is 0 Å². The number of piperidine rings is 1. The van der Waals surface area contributed by atoms with Crippen LogP contribution in [0.5, 0.6) is 0 Å². The van der Waals surface area contributed by atoms with E-state index >= 15 is 0 Å². The van der Waals surface area contributed by atoms with Crippen molar-refractivity contribution in [1.82, 2.24) is 4.90 Å². The van der Waals surface area contributed by atoms with Gasteiger partial charge in [0.15, 0.2) is 0 Å². The standard InChI is InChI=1S/C11H21NO/c1-2-12-8-4-3-5-10(12)9-11(13)6-7-11/h10,13H,2-9H2,1H3. The quantitative estimate of drug-likeness (QED) is 0.721. The predicted octanol–water partition coefficient (Wildman–Crippen LogP) is 1.78. The van der Waals surface area contributed by atoms with Crippen LogP contribution in [0.2, 0.25) is 0 Å². The van der Waals surface area contributed by atoms with Gasteiger partial charge in [-0.15, -0.1) is 0 Å². The minimum atomic E-state index is -0.255. The fourth-order valence-corrected chi connectivity index (χ4v) is 2.49. The lowest BCUT2D eigenvalue weighted by Crippen LogP contribution is -2.41. The Hall–Kier alpha value is -0.0800. The summed E-state index contributed by atoms with van der Waals surface area (Å²) in [4.78, 5) is 2.54. The van der Waals surface area contributed by atoms with Crippen molar-refractivity contribution in [3.05, 3.63) is 0 Å². The Morgan fingerprint density at radius 1 is 1.38 bits per heavy atom. The van der Waals surface area contributed by atoms with E-state index in [9.17, 15) is 5.11 Å². The maximum absolute atomic E-state index is 9.87. The topological polar surface area (TPSA) is 23.5 Å². The molecule has 76 valence electrons. The lowest BCUT2D eigenvalue weighted by Gasteiger charge is -2.36. The van der Waals surface area contributed by atoms with Crippen molar-refractivity contribution in [1.29, 1.82) is 0 Å². The minimum Gasteiger partial charge on any atom is -0.390 e. The molecule has 1 N–H and O–H groups in total. The van der Waals surface area contributed by atoms with Gasteiger partial charge >= 0.3 is 0 Å². The molecule has 0 amide bonds. The van der Waals surface area contributed by atoms with Gasteiger partial charge in [0, 0.05) is 6.04 Å². The first-order valence-corrected chi connectivity index (χ1v) is 5.70. The van der Waals surface area contributed by atoms with Crippen molar-refractivity contribution in [3.8, 4) is 0 Å². The zero-order valence-corrected chi connectivity index (χ0v) is 8.63. The summed E-state index contributed by atoms with van der Waals surface area (Å²) >= 11 is 0. The molecule has 2 fully saturated rings. The average molecular weight is 183 g/mol. The molecule has 0 aromatic rings. The van der Waals surface area contributed by atoms with Crippen LogP contribution in [0.25, 0.3) is 0 Å². The molecule has 13 heavy (non-hydrogen) atoms. The first-order valence-electron chi connectivity index (χ1n) is 5.70. The third-order valence-electron chi connectivity index (χ3n) is 3.60. The highest BCUT2D eigenvalue weighted by atomic mass is 16.3. The van der Waals surface area contributed by atoms with E-state index in [0.29, 0.717) is 6.04 Å². The highest BCUT2D eigenvalue weighted by Gasteiger charge is 2.43. The Kier molecular flexibility index (Phi) is 2.61. The van der Waals surface area contributed by atoms with Gasteiger partial charge in [-0.2, -0.15) is 0 Å². The molecule has 2 aliphatic rings. The number of aliphatic hydroxyl groups is 1. The number of hydrogen-bond donors (Lipinski definition) is 1. The number of nitrogens with zero attached hydrogens (tertiary/aromatic N) is 1. The summed E-state index contributed by atoms with van der Waals surface area (Å²) in [6.45, 7) is 4.63. The Balaban J connectivity index is 1.87. The summed E-state index contributed by atoms with van der Waals surface area (Å²) in [6.07, 6.45) is 7.12. The summed E-state index contributed by atoms with van der Waals surface area (Å²) in [5, 5.41) is 9.87. The molecule has 0 aromatic heterocycles. The summed E-state index contributed by atoms with van der Waals surface area (Å²) < 4.78 is 0. The van der Waals surface area contributed by atoms with Crippen LogP contribution in [-0.4, -0.2) is 34.7 Å². The lowest BCUT2D eigenvalue weighted by molar-refractivity contribution is 0.0674. The van der Waals surface area contributed by atoms with E-state index in [4.69, 9.17) is 0 Å². The van der Waals surface area contributed by atoms with Crippen LogP contribution < -0.4 is 0 Å². The van der Waals surface area contributed by atoms with Crippen LogP contribution in [-0.2, 0) is 0 Å². The SMILES string of the molecule is CCN1CCCCC1CC1(O)CC1. The van der Waals surface area contributed by atoms with Crippen LogP contribution in [0, 0.1) is 0 Å². The van der Waals surface area contributed by atoms with E-state index in [1.165, 1.54) is 25.8 Å².